The molecule has 0 amide bonds. The van der Waals surface area contributed by atoms with Crippen molar-refractivity contribution in [3.05, 3.63) is 145 Å². The third-order valence-electron chi connectivity index (χ3n) is 10.2. The second-order valence-electron chi connectivity index (χ2n) is 12.8. The largest absolute Gasteiger partial charge is 0.309 e. The van der Waals surface area contributed by atoms with Crippen LogP contribution < -0.4 is 0 Å². The maximum Gasteiger partial charge on any atom is 0.0991 e. The molecule has 230 valence electrons. The van der Waals surface area contributed by atoms with E-state index in [4.69, 9.17) is 0 Å². The molecule has 0 saturated carbocycles. The van der Waals surface area contributed by atoms with Gasteiger partial charge in [-0.2, -0.15) is 10.5 Å². The molecule has 4 nitrogen and oxygen atoms in total. The van der Waals surface area contributed by atoms with E-state index in [-0.39, 0.29) is 0 Å². The van der Waals surface area contributed by atoms with E-state index in [9.17, 15) is 10.5 Å². The summed E-state index contributed by atoms with van der Waals surface area (Å²) in [5.41, 5.74) is 7.97. The zero-order chi connectivity index (χ0) is 33.1. The zero-order valence-corrected chi connectivity index (χ0v) is 27.9. The Morgan fingerprint density at radius 2 is 0.960 bits per heavy atom. The molecular formula is C44H22N4S2. The van der Waals surface area contributed by atoms with Gasteiger partial charge in [0.05, 0.1) is 50.0 Å². The molecule has 0 atom stereocenters. The van der Waals surface area contributed by atoms with Crippen molar-refractivity contribution in [3.8, 4) is 23.5 Å². The minimum atomic E-state index is 0.661. The SMILES string of the molecule is N#Cc1ccc2c(c1)c1ccccc1n2-c1ccc2sc3ccc(-n4c5ccc(C#N)cc5c5ccc6c7ccccc7sc6c54)cc3c2c1. The fourth-order valence-electron chi connectivity index (χ4n) is 7.97. The van der Waals surface area contributed by atoms with Gasteiger partial charge in [-0.15, -0.1) is 22.7 Å². The van der Waals surface area contributed by atoms with Crippen LogP contribution in [0.3, 0.4) is 0 Å². The predicted molar refractivity (Wildman–Crippen MR) is 210 cm³/mol. The smallest absolute Gasteiger partial charge is 0.0991 e. The van der Waals surface area contributed by atoms with Gasteiger partial charge in [-0.05, 0) is 84.9 Å². The molecule has 4 aromatic heterocycles. The van der Waals surface area contributed by atoms with Crippen LogP contribution in [0.15, 0.2) is 133 Å². The highest BCUT2D eigenvalue weighted by Gasteiger charge is 2.20. The molecule has 0 aliphatic heterocycles. The van der Waals surface area contributed by atoms with E-state index in [0.717, 1.165) is 49.5 Å². The first kappa shape index (κ1) is 27.5. The van der Waals surface area contributed by atoms with Crippen LogP contribution in [0.4, 0.5) is 0 Å². The quantitative estimate of drug-likeness (QED) is 0.184. The second-order valence-corrected chi connectivity index (χ2v) is 14.9. The number of benzene rings is 7. The second kappa shape index (κ2) is 10.0. The number of aromatic nitrogens is 2. The monoisotopic (exact) mass is 670 g/mol. The van der Waals surface area contributed by atoms with Crippen molar-refractivity contribution < 1.29 is 0 Å². The molecule has 0 aliphatic rings. The Labute approximate surface area is 293 Å². The highest BCUT2D eigenvalue weighted by Crippen LogP contribution is 2.44. The number of para-hydroxylation sites is 1. The lowest BCUT2D eigenvalue weighted by atomic mass is 10.1. The summed E-state index contributed by atoms with van der Waals surface area (Å²) in [6.45, 7) is 0. The molecule has 0 bridgehead atoms. The van der Waals surface area contributed by atoms with Crippen molar-refractivity contribution in [1.29, 1.82) is 10.5 Å². The van der Waals surface area contributed by atoms with Gasteiger partial charge in [-0.25, -0.2) is 0 Å². The van der Waals surface area contributed by atoms with Gasteiger partial charge in [0.2, 0.25) is 0 Å². The Hall–Kier alpha value is -6.44. The van der Waals surface area contributed by atoms with E-state index < -0.39 is 0 Å². The van der Waals surface area contributed by atoms with Gasteiger partial charge in [-0.1, -0.05) is 48.5 Å². The van der Waals surface area contributed by atoms with Crippen LogP contribution in [0.5, 0.6) is 0 Å². The van der Waals surface area contributed by atoms with Crippen LogP contribution in [-0.2, 0) is 0 Å². The lowest BCUT2D eigenvalue weighted by Gasteiger charge is -2.10. The maximum absolute atomic E-state index is 9.82. The average Bonchev–Trinajstić information content (AvgIpc) is 3.91. The van der Waals surface area contributed by atoms with Gasteiger partial charge in [0.15, 0.2) is 0 Å². The summed E-state index contributed by atoms with van der Waals surface area (Å²) in [7, 11) is 0. The number of nitrogens with zero attached hydrogens (tertiary/aromatic N) is 4. The summed E-state index contributed by atoms with van der Waals surface area (Å²) in [4.78, 5) is 0. The first-order valence-electron chi connectivity index (χ1n) is 16.4. The van der Waals surface area contributed by atoms with Crippen molar-refractivity contribution in [2.45, 2.75) is 0 Å². The molecular weight excluding hydrogens is 649 g/mol. The minimum absolute atomic E-state index is 0.661. The van der Waals surface area contributed by atoms with Gasteiger partial charge in [0, 0.05) is 68.6 Å². The average molecular weight is 671 g/mol. The van der Waals surface area contributed by atoms with Crippen LogP contribution in [0.2, 0.25) is 0 Å². The molecule has 6 heteroatoms. The number of thiophene rings is 2. The van der Waals surface area contributed by atoms with E-state index in [0.29, 0.717) is 11.1 Å². The van der Waals surface area contributed by atoms with Crippen LogP contribution >= 0.6 is 22.7 Å². The van der Waals surface area contributed by atoms with Crippen molar-refractivity contribution in [2.75, 3.05) is 0 Å². The number of hydrogen-bond acceptors (Lipinski definition) is 4. The molecule has 0 radical (unpaired) electrons. The molecule has 0 saturated heterocycles. The van der Waals surface area contributed by atoms with Crippen LogP contribution in [0, 0.1) is 22.7 Å². The Morgan fingerprint density at radius 3 is 1.68 bits per heavy atom. The zero-order valence-electron chi connectivity index (χ0n) is 26.3. The molecule has 0 aliphatic carbocycles. The fourth-order valence-corrected chi connectivity index (χ4v) is 10.3. The normalized spacial score (nSPS) is 12.0. The highest BCUT2D eigenvalue weighted by molar-refractivity contribution is 7.26. The molecule has 0 spiro atoms. The highest BCUT2D eigenvalue weighted by atomic mass is 32.1. The molecule has 4 heterocycles. The molecule has 0 unspecified atom stereocenters. The first-order valence-corrected chi connectivity index (χ1v) is 18.0. The molecule has 0 fully saturated rings. The third kappa shape index (κ3) is 3.67. The Bertz CT molecular complexity index is 3360. The summed E-state index contributed by atoms with van der Waals surface area (Å²) in [5, 5.41) is 28.8. The molecule has 0 N–H and O–H groups in total. The Kier molecular flexibility index (Phi) is 5.52. The Morgan fingerprint density at radius 1 is 0.400 bits per heavy atom. The lowest BCUT2D eigenvalue weighted by Crippen LogP contribution is -1.94. The maximum atomic E-state index is 9.82. The van der Waals surface area contributed by atoms with Crippen LogP contribution in [0.1, 0.15) is 11.1 Å². The van der Waals surface area contributed by atoms with Gasteiger partial charge in [0.1, 0.15) is 0 Å². The summed E-state index contributed by atoms with van der Waals surface area (Å²) in [6.07, 6.45) is 0. The number of fused-ring (bicyclic) bond motifs is 13. The van der Waals surface area contributed by atoms with E-state index >= 15 is 0 Å². The third-order valence-corrected chi connectivity index (χ3v) is 12.5. The summed E-state index contributed by atoms with van der Waals surface area (Å²) in [5.74, 6) is 0. The van der Waals surface area contributed by atoms with Crippen molar-refractivity contribution in [2.24, 2.45) is 0 Å². The molecule has 11 aromatic rings. The topological polar surface area (TPSA) is 57.4 Å². The molecule has 50 heavy (non-hydrogen) atoms. The molecule has 11 rings (SSSR count). The van der Waals surface area contributed by atoms with Crippen LogP contribution in [0.25, 0.3) is 95.3 Å². The molecule has 7 aromatic carbocycles. The van der Waals surface area contributed by atoms with Gasteiger partial charge in [-0.3, -0.25) is 0 Å². The van der Waals surface area contributed by atoms with E-state index in [1.54, 1.807) is 0 Å². The number of hydrogen-bond donors (Lipinski definition) is 0. The summed E-state index contributed by atoms with van der Waals surface area (Å²) in [6, 6.07) is 51.8. The van der Waals surface area contributed by atoms with Crippen molar-refractivity contribution in [1.82, 2.24) is 9.13 Å². The Balaban J connectivity index is 1.20. The van der Waals surface area contributed by atoms with Crippen LogP contribution in [-0.4, -0.2) is 9.13 Å². The standard InChI is InChI=1S/C44H22N4S2/c45-23-25-9-15-38-33(19-25)29-5-1-3-7-37(29)47(38)27-11-17-41-35(21-27)36-22-28(12-18-42(36)49-41)48-39-16-10-26(24-46)20-34(39)31-13-14-32-30-6-2-4-8-40(30)50-44(32)43(31)48/h1-22H. The number of nitriles is 2. The van der Waals surface area contributed by atoms with E-state index in [1.807, 2.05) is 46.9 Å². The first-order chi connectivity index (χ1) is 24.7. The van der Waals surface area contributed by atoms with Crippen molar-refractivity contribution >= 4 is 107 Å². The van der Waals surface area contributed by atoms with Gasteiger partial charge < -0.3 is 9.13 Å². The van der Waals surface area contributed by atoms with Gasteiger partial charge in [0.25, 0.3) is 0 Å². The summed E-state index contributed by atoms with van der Waals surface area (Å²) >= 11 is 3.65. The van der Waals surface area contributed by atoms with E-state index in [2.05, 4.69) is 130 Å². The van der Waals surface area contributed by atoms with E-state index in [1.165, 1.54) is 45.9 Å². The van der Waals surface area contributed by atoms with Crippen molar-refractivity contribution in [3.63, 3.8) is 0 Å². The number of rotatable bonds is 2. The predicted octanol–water partition coefficient (Wildman–Crippen LogP) is 12.4. The lowest BCUT2D eigenvalue weighted by molar-refractivity contribution is 1.19. The summed E-state index contributed by atoms with van der Waals surface area (Å²) < 4.78 is 9.71. The fraction of sp³-hybridized carbons (Fsp3) is 0. The minimum Gasteiger partial charge on any atom is -0.309 e. The van der Waals surface area contributed by atoms with Gasteiger partial charge >= 0.3 is 0 Å².